The van der Waals surface area contributed by atoms with Gasteiger partial charge in [0.05, 0.1) is 20.7 Å². The molecule has 0 saturated heterocycles. The van der Waals surface area contributed by atoms with Gasteiger partial charge in [-0.1, -0.05) is 17.7 Å². The van der Waals surface area contributed by atoms with E-state index in [0.29, 0.717) is 3.58 Å². The van der Waals surface area contributed by atoms with Gasteiger partial charge in [-0.3, -0.25) is 4.31 Å². The van der Waals surface area contributed by atoms with Crippen LogP contribution in [0.4, 0.5) is 9.59 Å². The highest BCUT2D eigenvalue weighted by Crippen LogP contribution is 2.32. The van der Waals surface area contributed by atoms with Crippen molar-refractivity contribution in [2.75, 3.05) is 7.05 Å². The van der Waals surface area contributed by atoms with Gasteiger partial charge in [0, 0.05) is 13.2 Å². The summed E-state index contributed by atoms with van der Waals surface area (Å²) in [5.41, 5.74) is 0.903. The predicted octanol–water partition coefficient (Wildman–Crippen LogP) is 4.36. The second-order valence-electron chi connectivity index (χ2n) is 7.29. The van der Waals surface area contributed by atoms with Gasteiger partial charge in [-0.05, 0) is 75.4 Å². The number of amides is 2. The second kappa shape index (κ2) is 9.90. The average molecular weight is 563 g/mol. The minimum Gasteiger partial charge on any atom is -0.445 e. The summed E-state index contributed by atoms with van der Waals surface area (Å²) in [6.07, 6.45) is 0.108. The largest absolute Gasteiger partial charge is 0.445 e. The van der Waals surface area contributed by atoms with Crippen molar-refractivity contribution in [2.24, 2.45) is 0 Å². The number of ether oxygens (including phenoxy) is 2. The molecule has 2 rings (SSSR count). The molecule has 0 fully saturated rings. The molecule has 0 atom stereocenters. The van der Waals surface area contributed by atoms with Crippen LogP contribution in [-0.2, 0) is 19.5 Å². The first-order valence-corrected chi connectivity index (χ1v) is 12.0. The van der Waals surface area contributed by atoms with Crippen LogP contribution in [0.5, 0.6) is 0 Å². The van der Waals surface area contributed by atoms with Crippen LogP contribution in [0.1, 0.15) is 33.3 Å². The van der Waals surface area contributed by atoms with Gasteiger partial charge in [-0.15, -0.1) is 0 Å². The summed E-state index contributed by atoms with van der Waals surface area (Å²) in [5, 5.41) is 1.75. The standard InChI is InChI=1S/C20H26IN3O6S/c1-13(2)29-19(25)23-12-11-17(21)18(24(23)20(26)30-14(3)4)22(6)31(27,28)16-9-7-15(5)8-10-16/h7-14H,1-6H3. The molecule has 170 valence electrons. The fraction of sp³-hybridized carbons (Fsp3) is 0.400. The molecule has 31 heavy (non-hydrogen) atoms. The number of hydrazine groups is 1. The van der Waals surface area contributed by atoms with E-state index in [1.165, 1.54) is 31.5 Å². The lowest BCUT2D eigenvalue weighted by Gasteiger charge is -2.38. The van der Waals surface area contributed by atoms with Gasteiger partial charge in [0.1, 0.15) is 0 Å². The van der Waals surface area contributed by atoms with Gasteiger partial charge in [-0.25, -0.2) is 18.0 Å². The summed E-state index contributed by atoms with van der Waals surface area (Å²) in [4.78, 5) is 25.6. The molecule has 0 spiro atoms. The van der Waals surface area contributed by atoms with Gasteiger partial charge in [0.15, 0.2) is 5.82 Å². The molecule has 0 N–H and O–H groups in total. The summed E-state index contributed by atoms with van der Waals surface area (Å²) < 4.78 is 38.4. The maximum atomic E-state index is 13.3. The first kappa shape index (κ1) is 25.0. The Labute approximate surface area is 196 Å². The molecule has 11 heteroatoms. The predicted molar refractivity (Wildman–Crippen MR) is 123 cm³/mol. The van der Waals surface area contributed by atoms with E-state index in [9.17, 15) is 18.0 Å². The topological polar surface area (TPSA) is 96.5 Å². The first-order chi connectivity index (χ1) is 14.4. The maximum Gasteiger partial charge on any atom is 0.435 e. The lowest BCUT2D eigenvalue weighted by Crippen LogP contribution is -2.52. The number of carbonyl (C=O) groups is 2. The van der Waals surface area contributed by atoms with Gasteiger partial charge in [-0.2, -0.15) is 10.0 Å². The molecule has 9 nitrogen and oxygen atoms in total. The lowest BCUT2D eigenvalue weighted by molar-refractivity contribution is -0.00524. The minimum atomic E-state index is -4.05. The van der Waals surface area contributed by atoms with E-state index in [0.717, 1.165) is 19.9 Å². The summed E-state index contributed by atoms with van der Waals surface area (Å²) >= 11 is 1.90. The summed E-state index contributed by atoms with van der Waals surface area (Å²) in [6, 6.07) is 6.32. The fourth-order valence-electron chi connectivity index (χ4n) is 2.57. The highest BCUT2D eigenvalue weighted by Gasteiger charge is 2.40. The van der Waals surface area contributed by atoms with Gasteiger partial charge in [0.2, 0.25) is 0 Å². The van der Waals surface area contributed by atoms with E-state index < -0.39 is 34.4 Å². The normalized spacial score (nSPS) is 14.4. The molecule has 1 aliphatic heterocycles. The Hall–Kier alpha value is -2.28. The van der Waals surface area contributed by atoms with Crippen LogP contribution < -0.4 is 0 Å². The Kier molecular flexibility index (Phi) is 7.98. The smallest absolute Gasteiger partial charge is 0.435 e. The van der Waals surface area contributed by atoms with Gasteiger partial charge in [0.25, 0.3) is 10.0 Å². The zero-order valence-electron chi connectivity index (χ0n) is 18.2. The zero-order valence-corrected chi connectivity index (χ0v) is 21.2. The van der Waals surface area contributed by atoms with Crippen molar-refractivity contribution in [2.45, 2.75) is 51.7 Å². The Morgan fingerprint density at radius 3 is 2.03 bits per heavy atom. The summed E-state index contributed by atoms with van der Waals surface area (Å²) in [7, 11) is -2.74. The first-order valence-electron chi connectivity index (χ1n) is 9.50. The molecular weight excluding hydrogens is 537 g/mol. The van der Waals surface area contributed by atoms with Crippen LogP contribution in [-0.4, -0.2) is 54.2 Å². The number of benzene rings is 1. The SMILES string of the molecule is Cc1ccc(S(=O)(=O)N(C)C2=C(I)C=CN(C(=O)OC(C)C)N2C(=O)OC(C)C)cc1. The minimum absolute atomic E-state index is 0.0420. The number of aryl methyl sites for hydroxylation is 1. The van der Waals surface area contributed by atoms with Crippen LogP contribution in [0.15, 0.2) is 50.8 Å². The van der Waals surface area contributed by atoms with Crippen LogP contribution >= 0.6 is 22.6 Å². The third kappa shape index (κ3) is 5.70. The molecule has 0 unspecified atom stereocenters. The third-order valence-electron chi connectivity index (χ3n) is 4.00. The second-order valence-corrected chi connectivity index (χ2v) is 10.4. The third-order valence-corrected chi connectivity index (χ3v) is 6.61. The molecule has 1 aliphatic rings. The number of rotatable bonds is 5. The molecule has 1 aromatic carbocycles. The number of nitrogens with zero attached hydrogens (tertiary/aromatic N) is 3. The van der Waals surface area contributed by atoms with E-state index >= 15 is 0 Å². The Bertz CT molecular complexity index is 1000. The highest BCUT2D eigenvalue weighted by atomic mass is 127. The van der Waals surface area contributed by atoms with Crippen LogP contribution in [0.3, 0.4) is 0 Å². The van der Waals surface area contributed by atoms with Crippen LogP contribution in [0.25, 0.3) is 0 Å². The number of halogens is 1. The van der Waals surface area contributed by atoms with E-state index in [1.807, 2.05) is 29.5 Å². The number of hydrogen-bond donors (Lipinski definition) is 0. The molecule has 2 amide bonds. The van der Waals surface area contributed by atoms with Gasteiger partial charge < -0.3 is 9.47 Å². The molecule has 1 heterocycles. The number of hydrogen-bond acceptors (Lipinski definition) is 6. The molecule has 0 bridgehead atoms. The van der Waals surface area contributed by atoms with Crippen molar-refractivity contribution in [1.29, 1.82) is 0 Å². The van der Waals surface area contributed by atoms with E-state index in [4.69, 9.17) is 9.47 Å². The number of sulfonamides is 1. The maximum absolute atomic E-state index is 13.3. The van der Waals surface area contributed by atoms with Crippen molar-refractivity contribution >= 4 is 44.8 Å². The molecule has 0 aliphatic carbocycles. The van der Waals surface area contributed by atoms with Gasteiger partial charge >= 0.3 is 12.2 Å². The Balaban J connectivity index is 2.56. The fourth-order valence-corrected chi connectivity index (χ4v) is 4.68. The Morgan fingerprint density at radius 1 is 1.00 bits per heavy atom. The Morgan fingerprint density at radius 2 is 1.52 bits per heavy atom. The summed E-state index contributed by atoms with van der Waals surface area (Å²) in [6.45, 7) is 8.47. The quantitative estimate of drug-likeness (QED) is 0.495. The lowest BCUT2D eigenvalue weighted by atomic mass is 10.2. The van der Waals surface area contributed by atoms with Crippen molar-refractivity contribution in [3.63, 3.8) is 0 Å². The van der Waals surface area contributed by atoms with Crippen LogP contribution in [0.2, 0.25) is 0 Å². The number of allylic oxidation sites excluding steroid dienone is 2. The van der Waals surface area contributed by atoms with Crippen molar-refractivity contribution in [3.05, 3.63) is 51.5 Å². The van der Waals surface area contributed by atoms with Crippen molar-refractivity contribution in [3.8, 4) is 0 Å². The van der Waals surface area contributed by atoms with E-state index in [-0.39, 0.29) is 10.7 Å². The summed E-state index contributed by atoms with van der Waals surface area (Å²) in [5.74, 6) is -0.0602. The number of carbonyl (C=O) groups excluding carboxylic acids is 2. The molecule has 0 aromatic heterocycles. The molecule has 0 radical (unpaired) electrons. The monoisotopic (exact) mass is 563 g/mol. The zero-order chi connectivity index (χ0) is 23.5. The molecule has 0 saturated carbocycles. The van der Waals surface area contributed by atoms with Crippen molar-refractivity contribution < 1.29 is 27.5 Å². The van der Waals surface area contributed by atoms with Crippen LogP contribution in [0, 0.1) is 6.92 Å². The van der Waals surface area contributed by atoms with E-state index in [1.54, 1.807) is 39.8 Å². The van der Waals surface area contributed by atoms with E-state index in [2.05, 4.69) is 0 Å². The average Bonchev–Trinajstić information content (AvgIpc) is 2.66. The molecule has 1 aromatic rings. The molecular formula is C20H26IN3O6S. The van der Waals surface area contributed by atoms with Crippen molar-refractivity contribution in [1.82, 2.24) is 14.3 Å². The highest BCUT2D eigenvalue weighted by molar-refractivity contribution is 14.1.